The topological polar surface area (TPSA) is 58.6 Å². The quantitative estimate of drug-likeness (QED) is 0.844. The van der Waals surface area contributed by atoms with E-state index in [1.165, 1.54) is 24.8 Å². The number of rotatable bonds is 3. The van der Waals surface area contributed by atoms with E-state index < -0.39 is 5.97 Å². The lowest BCUT2D eigenvalue weighted by Crippen LogP contribution is -2.36. The molecule has 2 saturated carbocycles. The number of carboxylic acid groups (broad SMARTS) is 1. The fraction of sp³-hybridized carbons (Fsp3) is 0.409. The summed E-state index contributed by atoms with van der Waals surface area (Å²) >= 11 is 0. The number of methoxy groups -OCH3 is 1. The summed E-state index contributed by atoms with van der Waals surface area (Å²) in [6.45, 7) is 0. The van der Waals surface area contributed by atoms with Crippen LogP contribution in [0.1, 0.15) is 52.7 Å². The number of aromatic carboxylic acids is 1. The van der Waals surface area contributed by atoms with E-state index in [4.69, 9.17) is 4.74 Å². The highest BCUT2D eigenvalue weighted by atomic mass is 16.5. The van der Waals surface area contributed by atoms with Crippen molar-refractivity contribution < 1.29 is 14.6 Å². The van der Waals surface area contributed by atoms with Crippen molar-refractivity contribution in [2.24, 2.45) is 17.8 Å². The van der Waals surface area contributed by atoms with Gasteiger partial charge in [-0.05, 0) is 60.6 Å². The van der Waals surface area contributed by atoms with Crippen LogP contribution in [-0.2, 0) is 0 Å². The summed E-state index contributed by atoms with van der Waals surface area (Å²) < 4.78 is 5.64. The maximum Gasteiger partial charge on any atom is 0.337 e. The molecular formula is C22H23NO3. The Morgan fingerprint density at radius 3 is 2.65 bits per heavy atom. The lowest BCUT2D eigenvalue weighted by atomic mass is 9.67. The van der Waals surface area contributed by atoms with Crippen molar-refractivity contribution in [1.29, 1.82) is 0 Å². The Labute approximate surface area is 153 Å². The molecule has 5 atom stereocenters. The molecule has 0 amide bonds. The molecule has 0 saturated heterocycles. The number of hydrogen-bond acceptors (Lipinski definition) is 3. The largest absolute Gasteiger partial charge is 0.496 e. The number of carbonyl (C=O) groups is 1. The van der Waals surface area contributed by atoms with E-state index >= 15 is 0 Å². The van der Waals surface area contributed by atoms with Crippen LogP contribution < -0.4 is 10.1 Å². The molecule has 2 N–H and O–H groups in total. The summed E-state index contributed by atoms with van der Waals surface area (Å²) in [6.07, 6.45) is 3.81. The van der Waals surface area contributed by atoms with Crippen LogP contribution in [0.15, 0.2) is 42.5 Å². The second-order valence-electron chi connectivity index (χ2n) is 7.88. The van der Waals surface area contributed by atoms with Gasteiger partial charge in [0.05, 0.1) is 24.4 Å². The number of para-hydroxylation sites is 2. The smallest absolute Gasteiger partial charge is 0.337 e. The van der Waals surface area contributed by atoms with Gasteiger partial charge >= 0.3 is 5.97 Å². The summed E-state index contributed by atoms with van der Waals surface area (Å²) in [7, 11) is 1.70. The van der Waals surface area contributed by atoms with Gasteiger partial charge in [0.25, 0.3) is 0 Å². The van der Waals surface area contributed by atoms with Gasteiger partial charge in [0.15, 0.2) is 0 Å². The maximum absolute atomic E-state index is 11.8. The first-order valence-electron chi connectivity index (χ1n) is 9.44. The van der Waals surface area contributed by atoms with E-state index in [1.807, 2.05) is 24.3 Å². The van der Waals surface area contributed by atoms with Gasteiger partial charge in [-0.3, -0.25) is 0 Å². The summed E-state index contributed by atoms with van der Waals surface area (Å²) in [4.78, 5) is 11.8. The van der Waals surface area contributed by atoms with Crippen LogP contribution in [0.5, 0.6) is 5.75 Å². The number of anilines is 1. The minimum absolute atomic E-state index is 0.0967. The van der Waals surface area contributed by atoms with Crippen molar-refractivity contribution in [3.63, 3.8) is 0 Å². The molecule has 2 fully saturated rings. The van der Waals surface area contributed by atoms with Crippen molar-refractivity contribution in [1.82, 2.24) is 0 Å². The summed E-state index contributed by atoms with van der Waals surface area (Å²) in [6, 6.07) is 14.0. The minimum atomic E-state index is -0.866. The Kier molecular flexibility index (Phi) is 3.49. The molecule has 26 heavy (non-hydrogen) atoms. The third kappa shape index (κ3) is 2.11. The van der Waals surface area contributed by atoms with Crippen LogP contribution in [0.2, 0.25) is 0 Å². The van der Waals surface area contributed by atoms with Crippen molar-refractivity contribution in [3.05, 3.63) is 59.2 Å². The predicted molar refractivity (Wildman–Crippen MR) is 99.8 cm³/mol. The van der Waals surface area contributed by atoms with Crippen molar-refractivity contribution in [2.75, 3.05) is 12.4 Å². The van der Waals surface area contributed by atoms with E-state index in [9.17, 15) is 9.90 Å². The van der Waals surface area contributed by atoms with Gasteiger partial charge in [0, 0.05) is 5.56 Å². The molecule has 3 aliphatic rings. The zero-order valence-electron chi connectivity index (χ0n) is 14.8. The van der Waals surface area contributed by atoms with Crippen LogP contribution in [-0.4, -0.2) is 18.2 Å². The third-order valence-electron chi connectivity index (χ3n) is 6.83. The zero-order chi connectivity index (χ0) is 17.8. The summed E-state index contributed by atoms with van der Waals surface area (Å²) in [5.74, 6) is 2.33. The Bertz CT molecular complexity index is 877. The number of nitrogens with one attached hydrogen (secondary N) is 1. The molecule has 0 spiro atoms. The molecule has 0 aromatic heterocycles. The first-order chi connectivity index (χ1) is 12.7. The van der Waals surface area contributed by atoms with Crippen molar-refractivity contribution in [2.45, 2.75) is 31.2 Å². The number of benzene rings is 2. The Morgan fingerprint density at radius 1 is 1.08 bits per heavy atom. The van der Waals surface area contributed by atoms with E-state index in [0.717, 1.165) is 17.0 Å². The SMILES string of the molecule is COc1ccccc1[C@@H]1Nc2c(C(=O)O)cccc2[C@H]2[C@H]3CC[C@@H](C3)[C@@H]21. The fourth-order valence-corrected chi connectivity index (χ4v) is 5.92. The summed E-state index contributed by atoms with van der Waals surface area (Å²) in [5.41, 5.74) is 3.53. The first kappa shape index (κ1) is 15.7. The van der Waals surface area contributed by atoms with Crippen LogP contribution in [0, 0.1) is 17.8 Å². The molecule has 1 heterocycles. The molecule has 1 aliphatic heterocycles. The van der Waals surface area contributed by atoms with Gasteiger partial charge in [-0.15, -0.1) is 0 Å². The molecule has 134 valence electrons. The van der Waals surface area contributed by atoms with Gasteiger partial charge < -0.3 is 15.2 Å². The van der Waals surface area contributed by atoms with E-state index in [1.54, 1.807) is 13.2 Å². The molecule has 2 bridgehead atoms. The van der Waals surface area contributed by atoms with Gasteiger partial charge in [-0.1, -0.05) is 30.3 Å². The Balaban J connectivity index is 1.69. The molecule has 2 aliphatic carbocycles. The van der Waals surface area contributed by atoms with E-state index in [0.29, 0.717) is 29.2 Å². The minimum Gasteiger partial charge on any atom is -0.496 e. The second-order valence-corrected chi connectivity index (χ2v) is 7.88. The zero-order valence-corrected chi connectivity index (χ0v) is 14.8. The molecule has 4 heteroatoms. The standard InChI is InChI=1S/C22H23NO3/c1-26-17-8-3-2-5-14(17)21-19-13-10-9-12(11-13)18(19)15-6-4-7-16(22(24)25)20(15)23-21/h2-8,12-13,18-19,21,23H,9-11H2,1H3,(H,24,25)/t12-,13-,18+,19-,21-/m0/s1. The number of fused-ring (bicyclic) bond motifs is 7. The highest BCUT2D eigenvalue weighted by Crippen LogP contribution is 2.64. The van der Waals surface area contributed by atoms with E-state index in [-0.39, 0.29) is 6.04 Å². The van der Waals surface area contributed by atoms with Crippen LogP contribution in [0.3, 0.4) is 0 Å². The van der Waals surface area contributed by atoms with Gasteiger partial charge in [-0.25, -0.2) is 4.79 Å². The lowest BCUT2D eigenvalue weighted by Gasteiger charge is -2.44. The van der Waals surface area contributed by atoms with Crippen LogP contribution in [0.25, 0.3) is 0 Å². The van der Waals surface area contributed by atoms with Crippen LogP contribution >= 0.6 is 0 Å². The highest BCUT2D eigenvalue weighted by molar-refractivity contribution is 5.95. The average molecular weight is 349 g/mol. The molecule has 0 unspecified atom stereocenters. The fourth-order valence-electron chi connectivity index (χ4n) is 5.92. The number of carboxylic acids is 1. The lowest BCUT2D eigenvalue weighted by molar-refractivity contribution is 0.0697. The third-order valence-corrected chi connectivity index (χ3v) is 6.83. The summed E-state index contributed by atoms with van der Waals surface area (Å²) in [5, 5.41) is 13.3. The Hall–Kier alpha value is -2.49. The first-order valence-corrected chi connectivity index (χ1v) is 9.44. The average Bonchev–Trinajstić information content (AvgIpc) is 3.29. The molecule has 2 aromatic carbocycles. The Morgan fingerprint density at radius 2 is 1.85 bits per heavy atom. The van der Waals surface area contributed by atoms with E-state index in [2.05, 4.69) is 17.4 Å². The van der Waals surface area contributed by atoms with Crippen molar-refractivity contribution in [3.8, 4) is 5.75 Å². The van der Waals surface area contributed by atoms with Gasteiger partial charge in [0.1, 0.15) is 5.75 Å². The second kappa shape index (κ2) is 5.76. The normalized spacial score (nSPS) is 31.0. The van der Waals surface area contributed by atoms with Gasteiger partial charge in [-0.2, -0.15) is 0 Å². The molecular weight excluding hydrogens is 326 g/mol. The van der Waals surface area contributed by atoms with Gasteiger partial charge in [0.2, 0.25) is 0 Å². The van der Waals surface area contributed by atoms with Crippen LogP contribution in [0.4, 0.5) is 5.69 Å². The monoisotopic (exact) mass is 349 g/mol. The van der Waals surface area contributed by atoms with Crippen molar-refractivity contribution >= 4 is 11.7 Å². The number of ether oxygens (including phenoxy) is 1. The molecule has 0 radical (unpaired) electrons. The molecule has 5 rings (SSSR count). The molecule has 4 nitrogen and oxygen atoms in total. The number of hydrogen-bond donors (Lipinski definition) is 2. The predicted octanol–water partition coefficient (Wildman–Crippen LogP) is 4.69. The maximum atomic E-state index is 11.8. The molecule has 2 aromatic rings. The highest BCUT2D eigenvalue weighted by Gasteiger charge is 2.54.